The first-order valence-corrected chi connectivity index (χ1v) is 6.05. The van der Waals surface area contributed by atoms with Crippen molar-refractivity contribution in [1.29, 1.82) is 0 Å². The number of ether oxygens (including phenoxy) is 4. The van der Waals surface area contributed by atoms with Crippen LogP contribution in [-0.4, -0.2) is 52.7 Å². The Morgan fingerprint density at radius 2 is 2.00 bits per heavy atom. The molecular weight excluding hydrogens is 248 g/mol. The molecule has 0 aromatic carbocycles. The summed E-state index contributed by atoms with van der Waals surface area (Å²) < 4.78 is 20.9. The topological polar surface area (TPSA) is 61.8 Å². The van der Waals surface area contributed by atoms with Gasteiger partial charge in [0.2, 0.25) is 0 Å². The minimum Gasteiger partial charge on any atom is -0.493 e. The second-order valence-electron chi connectivity index (χ2n) is 3.94. The van der Waals surface area contributed by atoms with Gasteiger partial charge in [0.1, 0.15) is 0 Å². The third kappa shape index (κ3) is 4.66. The number of hydrogen-bond acceptors (Lipinski definition) is 6. The molecule has 0 amide bonds. The first-order chi connectivity index (χ1) is 9.26. The monoisotopic (exact) mass is 270 g/mol. The summed E-state index contributed by atoms with van der Waals surface area (Å²) in [6.07, 6.45) is 1.71. The standard InChI is InChI=1S/C13H22N2O4/c1-16-9-10(17-2)7-14-8-11-13(19-4)12(18-3)5-6-15-11/h5-6,10,14H,7-9H2,1-4H3. The van der Waals surface area contributed by atoms with E-state index in [0.717, 1.165) is 5.69 Å². The first kappa shape index (κ1) is 15.7. The second-order valence-corrected chi connectivity index (χ2v) is 3.94. The Morgan fingerprint density at radius 3 is 2.58 bits per heavy atom. The lowest BCUT2D eigenvalue weighted by Gasteiger charge is -2.16. The van der Waals surface area contributed by atoms with Crippen molar-refractivity contribution in [3.63, 3.8) is 0 Å². The number of nitrogens with one attached hydrogen (secondary N) is 1. The van der Waals surface area contributed by atoms with Crippen LogP contribution in [0.5, 0.6) is 11.5 Å². The van der Waals surface area contributed by atoms with Crippen LogP contribution in [0, 0.1) is 0 Å². The number of rotatable bonds is 9. The zero-order valence-corrected chi connectivity index (χ0v) is 11.9. The summed E-state index contributed by atoms with van der Waals surface area (Å²) in [5, 5.41) is 3.26. The summed E-state index contributed by atoms with van der Waals surface area (Å²) in [4.78, 5) is 4.29. The van der Waals surface area contributed by atoms with Crippen molar-refractivity contribution < 1.29 is 18.9 Å². The van der Waals surface area contributed by atoms with E-state index in [0.29, 0.717) is 31.2 Å². The zero-order valence-electron chi connectivity index (χ0n) is 11.9. The first-order valence-electron chi connectivity index (χ1n) is 6.05. The van der Waals surface area contributed by atoms with Crippen molar-refractivity contribution in [3.8, 4) is 11.5 Å². The minimum atomic E-state index is 0.0154. The van der Waals surface area contributed by atoms with Gasteiger partial charge in [0.15, 0.2) is 11.5 Å². The summed E-state index contributed by atoms with van der Waals surface area (Å²) in [7, 11) is 6.52. The largest absolute Gasteiger partial charge is 0.493 e. The van der Waals surface area contributed by atoms with Gasteiger partial charge in [-0.3, -0.25) is 4.98 Å². The predicted octanol–water partition coefficient (Wildman–Crippen LogP) is 0.850. The Hall–Kier alpha value is -1.37. The zero-order chi connectivity index (χ0) is 14.1. The van der Waals surface area contributed by atoms with E-state index in [1.807, 2.05) is 0 Å². The molecular formula is C13H22N2O4. The molecule has 1 aromatic rings. The van der Waals surface area contributed by atoms with Crippen molar-refractivity contribution in [2.45, 2.75) is 12.6 Å². The van der Waals surface area contributed by atoms with Gasteiger partial charge in [0.05, 0.1) is 32.6 Å². The lowest BCUT2D eigenvalue weighted by atomic mass is 10.3. The second kappa shape index (κ2) is 8.68. The van der Waals surface area contributed by atoms with Crippen LogP contribution in [0.4, 0.5) is 0 Å². The normalized spacial score (nSPS) is 12.2. The fourth-order valence-electron chi connectivity index (χ4n) is 1.72. The fourth-order valence-corrected chi connectivity index (χ4v) is 1.72. The third-order valence-corrected chi connectivity index (χ3v) is 2.72. The van der Waals surface area contributed by atoms with Crippen LogP contribution < -0.4 is 14.8 Å². The molecule has 0 saturated carbocycles. The fraction of sp³-hybridized carbons (Fsp3) is 0.615. The molecule has 0 aliphatic carbocycles. The molecule has 1 rings (SSSR count). The van der Waals surface area contributed by atoms with E-state index >= 15 is 0 Å². The number of methoxy groups -OCH3 is 4. The Bertz CT molecular complexity index is 374. The van der Waals surface area contributed by atoms with Crippen LogP contribution in [-0.2, 0) is 16.0 Å². The molecule has 1 N–H and O–H groups in total. The molecule has 108 valence electrons. The van der Waals surface area contributed by atoms with Gasteiger partial charge >= 0.3 is 0 Å². The number of pyridine rings is 1. The van der Waals surface area contributed by atoms with Gasteiger partial charge in [0.25, 0.3) is 0 Å². The summed E-state index contributed by atoms with van der Waals surface area (Å²) in [6.45, 7) is 1.79. The molecule has 0 aliphatic rings. The maximum atomic E-state index is 5.32. The highest BCUT2D eigenvalue weighted by molar-refractivity contribution is 5.42. The molecule has 0 radical (unpaired) electrons. The molecule has 0 saturated heterocycles. The summed E-state index contributed by atoms with van der Waals surface area (Å²) >= 11 is 0. The van der Waals surface area contributed by atoms with Crippen molar-refractivity contribution in [2.24, 2.45) is 0 Å². The molecule has 6 heteroatoms. The van der Waals surface area contributed by atoms with E-state index in [1.54, 1.807) is 40.7 Å². The van der Waals surface area contributed by atoms with Gasteiger partial charge in [-0.15, -0.1) is 0 Å². The third-order valence-electron chi connectivity index (χ3n) is 2.72. The maximum Gasteiger partial charge on any atom is 0.183 e. The van der Waals surface area contributed by atoms with Crippen molar-refractivity contribution in [1.82, 2.24) is 10.3 Å². The maximum absolute atomic E-state index is 5.32. The van der Waals surface area contributed by atoms with Gasteiger partial charge in [-0.1, -0.05) is 0 Å². The van der Waals surface area contributed by atoms with Crippen molar-refractivity contribution in [2.75, 3.05) is 41.6 Å². The predicted molar refractivity (Wildman–Crippen MR) is 71.7 cm³/mol. The molecule has 0 aliphatic heterocycles. The van der Waals surface area contributed by atoms with E-state index in [2.05, 4.69) is 10.3 Å². The number of hydrogen-bond donors (Lipinski definition) is 1. The molecule has 6 nitrogen and oxygen atoms in total. The molecule has 0 fully saturated rings. The van der Waals surface area contributed by atoms with Crippen LogP contribution in [0.15, 0.2) is 12.3 Å². The van der Waals surface area contributed by atoms with E-state index in [9.17, 15) is 0 Å². The van der Waals surface area contributed by atoms with Crippen LogP contribution >= 0.6 is 0 Å². The van der Waals surface area contributed by atoms with E-state index < -0.39 is 0 Å². The van der Waals surface area contributed by atoms with Gasteiger partial charge in [-0.05, 0) is 0 Å². The van der Waals surface area contributed by atoms with Crippen LogP contribution in [0.2, 0.25) is 0 Å². The Balaban J connectivity index is 2.57. The van der Waals surface area contributed by atoms with Crippen LogP contribution in [0.3, 0.4) is 0 Å². The highest BCUT2D eigenvalue weighted by Crippen LogP contribution is 2.28. The van der Waals surface area contributed by atoms with Gasteiger partial charge < -0.3 is 24.3 Å². The summed E-state index contributed by atoms with van der Waals surface area (Å²) in [6, 6.07) is 1.77. The van der Waals surface area contributed by atoms with Crippen molar-refractivity contribution in [3.05, 3.63) is 18.0 Å². The molecule has 0 bridgehead atoms. The van der Waals surface area contributed by atoms with E-state index in [1.165, 1.54) is 0 Å². The van der Waals surface area contributed by atoms with Crippen LogP contribution in [0.25, 0.3) is 0 Å². The number of aromatic nitrogens is 1. The average Bonchev–Trinajstić information content (AvgIpc) is 2.45. The highest BCUT2D eigenvalue weighted by atomic mass is 16.5. The smallest absolute Gasteiger partial charge is 0.183 e. The molecule has 1 unspecified atom stereocenters. The Morgan fingerprint density at radius 1 is 1.21 bits per heavy atom. The Labute approximate surface area is 114 Å². The molecule has 0 spiro atoms. The molecule has 1 atom stereocenters. The summed E-state index contributed by atoms with van der Waals surface area (Å²) in [5.74, 6) is 1.33. The average molecular weight is 270 g/mol. The van der Waals surface area contributed by atoms with Crippen LogP contribution in [0.1, 0.15) is 5.69 Å². The van der Waals surface area contributed by atoms with Crippen molar-refractivity contribution >= 4 is 0 Å². The van der Waals surface area contributed by atoms with Gasteiger partial charge in [0, 0.05) is 39.6 Å². The summed E-state index contributed by atoms with van der Waals surface area (Å²) in [5.41, 5.74) is 0.800. The SMILES string of the molecule is COCC(CNCc1nccc(OC)c1OC)OC. The van der Waals surface area contributed by atoms with Gasteiger partial charge in [-0.25, -0.2) is 0 Å². The number of nitrogens with zero attached hydrogens (tertiary/aromatic N) is 1. The van der Waals surface area contributed by atoms with E-state index in [4.69, 9.17) is 18.9 Å². The Kier molecular flexibility index (Phi) is 7.17. The lowest BCUT2D eigenvalue weighted by molar-refractivity contribution is 0.0287. The van der Waals surface area contributed by atoms with E-state index in [-0.39, 0.29) is 6.10 Å². The minimum absolute atomic E-state index is 0.0154. The molecule has 1 heterocycles. The highest BCUT2D eigenvalue weighted by Gasteiger charge is 2.12. The lowest BCUT2D eigenvalue weighted by Crippen LogP contribution is -2.31. The molecule has 1 aromatic heterocycles. The quantitative estimate of drug-likeness (QED) is 0.718. The van der Waals surface area contributed by atoms with Gasteiger partial charge in [-0.2, -0.15) is 0 Å². The molecule has 19 heavy (non-hydrogen) atoms.